The van der Waals surface area contributed by atoms with Gasteiger partial charge in [0.2, 0.25) is 0 Å². The molecule has 2 unspecified atom stereocenters. The Hall–Kier alpha value is -1.31. The van der Waals surface area contributed by atoms with E-state index in [0.29, 0.717) is 5.92 Å². The molecule has 90 valence electrons. The number of hydrogen-bond donors (Lipinski definition) is 1. The third kappa shape index (κ3) is 2.08. The Bertz CT molecular complexity index is 436. The summed E-state index contributed by atoms with van der Waals surface area (Å²) in [5, 5.41) is 3.41. The topological polar surface area (TPSA) is 24.4 Å². The van der Waals surface area contributed by atoms with Crippen molar-refractivity contribution in [3.8, 4) is 0 Å². The number of benzene rings is 1. The molecule has 2 aliphatic rings. The molecule has 3 rings (SSSR count). The van der Waals surface area contributed by atoms with Gasteiger partial charge in [-0.25, -0.2) is 0 Å². The highest BCUT2D eigenvalue weighted by Gasteiger charge is 2.27. The molecule has 1 aliphatic carbocycles. The van der Waals surface area contributed by atoms with Crippen molar-refractivity contribution in [2.45, 2.75) is 32.1 Å². The van der Waals surface area contributed by atoms with Crippen molar-refractivity contribution in [1.82, 2.24) is 5.32 Å². The first-order valence-corrected chi connectivity index (χ1v) is 6.69. The van der Waals surface area contributed by atoms with Gasteiger partial charge in [-0.1, -0.05) is 31.2 Å². The summed E-state index contributed by atoms with van der Waals surface area (Å²) < 4.78 is 0. The van der Waals surface area contributed by atoms with Gasteiger partial charge in [-0.15, -0.1) is 0 Å². The van der Waals surface area contributed by atoms with Gasteiger partial charge in [-0.05, 0) is 35.8 Å². The highest BCUT2D eigenvalue weighted by Crippen LogP contribution is 2.38. The summed E-state index contributed by atoms with van der Waals surface area (Å²) in [4.78, 5) is 4.54. The van der Waals surface area contributed by atoms with Crippen LogP contribution in [0.2, 0.25) is 0 Å². The van der Waals surface area contributed by atoms with Crippen molar-refractivity contribution in [2.24, 2.45) is 10.9 Å². The molecule has 1 aromatic rings. The minimum absolute atomic E-state index is 0.657. The molecule has 2 heteroatoms. The summed E-state index contributed by atoms with van der Waals surface area (Å²) in [6, 6.07) is 8.94. The van der Waals surface area contributed by atoms with E-state index in [1.165, 1.54) is 18.7 Å². The van der Waals surface area contributed by atoms with Crippen molar-refractivity contribution < 1.29 is 0 Å². The first-order chi connectivity index (χ1) is 8.34. The quantitative estimate of drug-likeness (QED) is 0.827. The molecule has 2 nitrogen and oxygen atoms in total. The second-order valence-electron chi connectivity index (χ2n) is 5.28. The molecule has 0 radical (unpaired) electrons. The van der Waals surface area contributed by atoms with Gasteiger partial charge in [-0.2, -0.15) is 0 Å². The molecule has 0 amide bonds. The highest BCUT2D eigenvalue weighted by atomic mass is 15.1. The number of fused-ring (bicyclic) bond motifs is 1. The Balaban J connectivity index is 1.87. The Kier molecular flexibility index (Phi) is 2.87. The van der Waals surface area contributed by atoms with Gasteiger partial charge < -0.3 is 5.32 Å². The Morgan fingerprint density at radius 2 is 2.24 bits per heavy atom. The van der Waals surface area contributed by atoms with Crippen LogP contribution in [0.1, 0.15) is 36.8 Å². The molecule has 1 heterocycles. The molecule has 17 heavy (non-hydrogen) atoms. The van der Waals surface area contributed by atoms with Gasteiger partial charge in [-0.3, -0.25) is 4.99 Å². The van der Waals surface area contributed by atoms with Crippen molar-refractivity contribution in [2.75, 3.05) is 13.1 Å². The van der Waals surface area contributed by atoms with Crippen molar-refractivity contribution in [3.63, 3.8) is 0 Å². The zero-order valence-electron chi connectivity index (χ0n) is 10.4. The van der Waals surface area contributed by atoms with Crippen LogP contribution in [0.5, 0.6) is 0 Å². The Labute approximate surface area is 103 Å². The van der Waals surface area contributed by atoms with Crippen LogP contribution in [0.15, 0.2) is 29.3 Å². The maximum Gasteiger partial charge on any atom is 0.0970 e. The molecular weight excluding hydrogens is 208 g/mol. The minimum atomic E-state index is 0.657. The van der Waals surface area contributed by atoms with Crippen LogP contribution in [0.25, 0.3) is 0 Å². The minimum Gasteiger partial charge on any atom is -0.372 e. The maximum absolute atomic E-state index is 4.54. The predicted octanol–water partition coefficient (Wildman–Crippen LogP) is 2.74. The molecule has 0 bridgehead atoms. The van der Waals surface area contributed by atoms with E-state index in [1.54, 1.807) is 11.1 Å². The van der Waals surface area contributed by atoms with Gasteiger partial charge in [0, 0.05) is 13.0 Å². The van der Waals surface area contributed by atoms with E-state index in [-0.39, 0.29) is 0 Å². The van der Waals surface area contributed by atoms with Gasteiger partial charge >= 0.3 is 0 Å². The lowest BCUT2D eigenvalue weighted by Crippen LogP contribution is -2.26. The van der Waals surface area contributed by atoms with Crippen LogP contribution in [-0.4, -0.2) is 18.9 Å². The van der Waals surface area contributed by atoms with E-state index in [9.17, 15) is 0 Å². The summed E-state index contributed by atoms with van der Waals surface area (Å²) >= 11 is 0. The average Bonchev–Trinajstić information content (AvgIpc) is 2.86. The molecule has 0 saturated heterocycles. The second-order valence-corrected chi connectivity index (χ2v) is 5.28. The maximum atomic E-state index is 4.54. The summed E-state index contributed by atoms with van der Waals surface area (Å²) in [6.45, 7) is 4.37. The van der Waals surface area contributed by atoms with Gasteiger partial charge in [0.25, 0.3) is 0 Å². The highest BCUT2D eigenvalue weighted by molar-refractivity contribution is 5.84. The van der Waals surface area contributed by atoms with Gasteiger partial charge in [0.15, 0.2) is 0 Å². The SMILES string of the molecule is CC1CCc2ccccc2C1CC1=NCCN1. The number of amidine groups is 1. The van der Waals surface area contributed by atoms with Crippen molar-refractivity contribution in [1.29, 1.82) is 0 Å². The predicted molar refractivity (Wildman–Crippen MR) is 71.6 cm³/mol. The standard InChI is InChI=1S/C15H20N2/c1-11-6-7-12-4-2-3-5-13(12)14(11)10-15-16-8-9-17-15/h2-5,11,14H,6-10H2,1H3,(H,16,17). The molecule has 1 aliphatic heterocycles. The van der Waals surface area contributed by atoms with Crippen LogP contribution < -0.4 is 5.32 Å². The number of hydrogen-bond acceptors (Lipinski definition) is 2. The fourth-order valence-electron chi connectivity index (χ4n) is 3.12. The monoisotopic (exact) mass is 228 g/mol. The number of aliphatic imine (C=N–C) groups is 1. The lowest BCUT2D eigenvalue weighted by atomic mass is 9.74. The van der Waals surface area contributed by atoms with Crippen molar-refractivity contribution in [3.05, 3.63) is 35.4 Å². The molecule has 1 aromatic carbocycles. The summed E-state index contributed by atoms with van der Waals surface area (Å²) in [6.07, 6.45) is 3.65. The first-order valence-electron chi connectivity index (χ1n) is 6.69. The number of aryl methyl sites for hydroxylation is 1. The second kappa shape index (κ2) is 4.52. The van der Waals surface area contributed by atoms with Gasteiger partial charge in [0.1, 0.15) is 0 Å². The van der Waals surface area contributed by atoms with Crippen LogP contribution >= 0.6 is 0 Å². The molecule has 2 atom stereocenters. The fourth-order valence-corrected chi connectivity index (χ4v) is 3.12. The van der Waals surface area contributed by atoms with E-state index >= 15 is 0 Å². The summed E-state index contributed by atoms with van der Waals surface area (Å²) in [7, 11) is 0. The number of nitrogens with one attached hydrogen (secondary N) is 1. The summed E-state index contributed by atoms with van der Waals surface area (Å²) in [5.74, 6) is 2.65. The lowest BCUT2D eigenvalue weighted by Gasteiger charge is -2.31. The molecular formula is C15H20N2. The van der Waals surface area contributed by atoms with Crippen LogP contribution in [0.3, 0.4) is 0 Å². The van der Waals surface area contributed by atoms with E-state index in [1.807, 2.05) is 0 Å². The van der Waals surface area contributed by atoms with Crippen LogP contribution in [-0.2, 0) is 6.42 Å². The summed E-state index contributed by atoms with van der Waals surface area (Å²) in [5.41, 5.74) is 3.11. The molecule has 0 aromatic heterocycles. The smallest absolute Gasteiger partial charge is 0.0970 e. The lowest BCUT2D eigenvalue weighted by molar-refractivity contribution is 0.409. The largest absolute Gasteiger partial charge is 0.372 e. The van der Waals surface area contributed by atoms with Crippen LogP contribution in [0.4, 0.5) is 0 Å². The molecule has 0 spiro atoms. The number of rotatable bonds is 2. The molecule has 0 saturated carbocycles. The third-order valence-electron chi connectivity index (χ3n) is 4.17. The zero-order chi connectivity index (χ0) is 11.7. The zero-order valence-corrected chi connectivity index (χ0v) is 10.4. The molecule has 0 fully saturated rings. The third-order valence-corrected chi connectivity index (χ3v) is 4.17. The van der Waals surface area contributed by atoms with Gasteiger partial charge in [0.05, 0.1) is 12.4 Å². The van der Waals surface area contributed by atoms with E-state index < -0.39 is 0 Å². The van der Waals surface area contributed by atoms with E-state index in [4.69, 9.17) is 0 Å². The van der Waals surface area contributed by atoms with Crippen molar-refractivity contribution >= 4 is 5.84 Å². The molecule has 1 N–H and O–H groups in total. The van der Waals surface area contributed by atoms with Crippen LogP contribution in [0, 0.1) is 5.92 Å². The first kappa shape index (κ1) is 10.8. The number of nitrogens with zero attached hydrogens (tertiary/aromatic N) is 1. The fraction of sp³-hybridized carbons (Fsp3) is 0.533. The Morgan fingerprint density at radius 1 is 1.35 bits per heavy atom. The van der Waals surface area contributed by atoms with E-state index in [2.05, 4.69) is 41.5 Å². The Morgan fingerprint density at radius 3 is 3.06 bits per heavy atom. The average molecular weight is 228 g/mol. The normalized spacial score (nSPS) is 27.2. The van der Waals surface area contributed by atoms with E-state index in [0.717, 1.165) is 25.4 Å².